The van der Waals surface area contributed by atoms with Gasteiger partial charge in [0.05, 0.1) is 18.9 Å². The third kappa shape index (κ3) is 5.22. The van der Waals surface area contributed by atoms with E-state index in [0.717, 1.165) is 43.2 Å². The molecular formula is C27H24N4O3. The standard InChI is InChI=1S/C27H24N4O3/c32-27(28-22-9-11-23(12-10-22)31-15-17-33-18-16-31)21-6-4-5-20(19-21)25-13-14-26(30-29-25)34-24-7-2-1-3-8-24/h1-14,19H,15-18H2,(H,28,32). The fraction of sp³-hybridized carbons (Fsp3) is 0.148. The molecule has 1 saturated heterocycles. The molecule has 0 bridgehead atoms. The summed E-state index contributed by atoms with van der Waals surface area (Å²) in [7, 11) is 0. The molecular weight excluding hydrogens is 428 g/mol. The minimum absolute atomic E-state index is 0.182. The van der Waals surface area contributed by atoms with Gasteiger partial charge in [-0.15, -0.1) is 10.2 Å². The second-order valence-corrected chi connectivity index (χ2v) is 7.85. The Morgan fingerprint density at radius 3 is 2.38 bits per heavy atom. The van der Waals surface area contributed by atoms with Crippen LogP contribution in [-0.4, -0.2) is 42.4 Å². The summed E-state index contributed by atoms with van der Waals surface area (Å²) < 4.78 is 11.1. The zero-order valence-corrected chi connectivity index (χ0v) is 18.6. The van der Waals surface area contributed by atoms with Gasteiger partial charge in [0.1, 0.15) is 5.75 Å². The summed E-state index contributed by atoms with van der Waals surface area (Å²) in [5.41, 5.74) is 3.87. The van der Waals surface area contributed by atoms with Crippen molar-refractivity contribution in [1.82, 2.24) is 10.2 Å². The average Bonchev–Trinajstić information content (AvgIpc) is 2.91. The van der Waals surface area contributed by atoms with Crippen molar-refractivity contribution in [2.75, 3.05) is 36.5 Å². The second kappa shape index (κ2) is 10.1. The van der Waals surface area contributed by atoms with Gasteiger partial charge in [0, 0.05) is 41.7 Å². The molecule has 4 aromatic rings. The number of para-hydroxylation sites is 1. The molecule has 5 rings (SSSR count). The Kier molecular flexibility index (Phi) is 6.45. The Morgan fingerprint density at radius 2 is 1.65 bits per heavy atom. The molecule has 1 aliphatic rings. The van der Waals surface area contributed by atoms with Crippen molar-refractivity contribution >= 4 is 17.3 Å². The van der Waals surface area contributed by atoms with E-state index in [1.807, 2.05) is 72.8 Å². The Balaban J connectivity index is 1.25. The normalized spacial score (nSPS) is 13.4. The van der Waals surface area contributed by atoms with E-state index in [9.17, 15) is 4.79 Å². The lowest BCUT2D eigenvalue weighted by molar-refractivity contribution is 0.102. The van der Waals surface area contributed by atoms with Gasteiger partial charge in [-0.3, -0.25) is 4.79 Å². The summed E-state index contributed by atoms with van der Waals surface area (Å²) in [4.78, 5) is 15.1. The number of hydrogen-bond acceptors (Lipinski definition) is 6. The highest BCUT2D eigenvalue weighted by Gasteiger charge is 2.12. The van der Waals surface area contributed by atoms with Crippen molar-refractivity contribution in [3.8, 4) is 22.9 Å². The lowest BCUT2D eigenvalue weighted by Gasteiger charge is -2.28. The fourth-order valence-electron chi connectivity index (χ4n) is 3.74. The van der Waals surface area contributed by atoms with Crippen LogP contribution in [0.2, 0.25) is 0 Å². The van der Waals surface area contributed by atoms with Crippen LogP contribution in [0.15, 0.2) is 91.0 Å². The van der Waals surface area contributed by atoms with Crippen LogP contribution >= 0.6 is 0 Å². The highest BCUT2D eigenvalue weighted by Crippen LogP contribution is 2.23. The van der Waals surface area contributed by atoms with Gasteiger partial charge in [0.25, 0.3) is 5.91 Å². The molecule has 1 aliphatic heterocycles. The van der Waals surface area contributed by atoms with Crippen LogP contribution in [0.25, 0.3) is 11.3 Å². The minimum atomic E-state index is -0.182. The topological polar surface area (TPSA) is 76.6 Å². The number of hydrogen-bond donors (Lipinski definition) is 1. The van der Waals surface area contributed by atoms with E-state index in [0.29, 0.717) is 22.9 Å². The molecule has 0 saturated carbocycles. The Hall–Kier alpha value is -4.23. The van der Waals surface area contributed by atoms with Crippen molar-refractivity contribution in [2.24, 2.45) is 0 Å². The summed E-state index contributed by atoms with van der Waals surface area (Å²) in [6.45, 7) is 3.23. The van der Waals surface area contributed by atoms with E-state index in [1.165, 1.54) is 0 Å². The summed E-state index contributed by atoms with van der Waals surface area (Å²) in [5.74, 6) is 0.920. The van der Waals surface area contributed by atoms with E-state index in [-0.39, 0.29) is 5.91 Å². The van der Waals surface area contributed by atoms with Gasteiger partial charge in [0.15, 0.2) is 0 Å². The molecule has 1 N–H and O–H groups in total. The van der Waals surface area contributed by atoms with Crippen LogP contribution in [0, 0.1) is 0 Å². The average molecular weight is 453 g/mol. The largest absolute Gasteiger partial charge is 0.438 e. The molecule has 2 heterocycles. The van der Waals surface area contributed by atoms with E-state index in [2.05, 4.69) is 20.4 Å². The quantitative estimate of drug-likeness (QED) is 0.442. The van der Waals surface area contributed by atoms with E-state index < -0.39 is 0 Å². The summed E-state index contributed by atoms with van der Waals surface area (Å²) in [5, 5.41) is 11.4. The van der Waals surface area contributed by atoms with E-state index >= 15 is 0 Å². The van der Waals surface area contributed by atoms with Gasteiger partial charge >= 0.3 is 0 Å². The molecule has 3 aromatic carbocycles. The lowest BCUT2D eigenvalue weighted by atomic mass is 10.1. The van der Waals surface area contributed by atoms with Crippen LogP contribution in [-0.2, 0) is 4.74 Å². The molecule has 0 aliphatic carbocycles. The molecule has 7 nitrogen and oxygen atoms in total. The van der Waals surface area contributed by atoms with Crippen molar-refractivity contribution < 1.29 is 14.3 Å². The van der Waals surface area contributed by atoms with E-state index in [4.69, 9.17) is 9.47 Å². The SMILES string of the molecule is O=C(Nc1ccc(N2CCOCC2)cc1)c1cccc(-c2ccc(Oc3ccccc3)nn2)c1. The minimum Gasteiger partial charge on any atom is -0.438 e. The monoisotopic (exact) mass is 452 g/mol. The smallest absolute Gasteiger partial charge is 0.255 e. The van der Waals surface area contributed by atoms with Crippen LogP contribution < -0.4 is 15.0 Å². The predicted molar refractivity (Wildman–Crippen MR) is 131 cm³/mol. The molecule has 1 aromatic heterocycles. The number of amides is 1. The number of aromatic nitrogens is 2. The molecule has 7 heteroatoms. The van der Waals surface area contributed by atoms with Gasteiger partial charge in [-0.1, -0.05) is 30.3 Å². The van der Waals surface area contributed by atoms with Crippen molar-refractivity contribution in [1.29, 1.82) is 0 Å². The lowest BCUT2D eigenvalue weighted by Crippen LogP contribution is -2.36. The van der Waals surface area contributed by atoms with Crippen LogP contribution in [0.1, 0.15) is 10.4 Å². The molecule has 0 atom stereocenters. The molecule has 170 valence electrons. The number of anilines is 2. The molecule has 1 amide bonds. The highest BCUT2D eigenvalue weighted by molar-refractivity contribution is 6.05. The molecule has 0 spiro atoms. The zero-order chi connectivity index (χ0) is 23.2. The van der Waals surface area contributed by atoms with E-state index in [1.54, 1.807) is 18.2 Å². The maximum atomic E-state index is 12.8. The summed E-state index contributed by atoms with van der Waals surface area (Å²) in [6.07, 6.45) is 0. The number of ether oxygens (including phenoxy) is 2. The summed E-state index contributed by atoms with van der Waals surface area (Å²) in [6, 6.07) is 28.2. The number of morpholine rings is 1. The van der Waals surface area contributed by atoms with Gasteiger partial charge in [-0.05, 0) is 54.6 Å². The van der Waals surface area contributed by atoms with Gasteiger partial charge in [-0.25, -0.2) is 0 Å². The number of carbonyl (C=O) groups is 1. The maximum Gasteiger partial charge on any atom is 0.255 e. The molecule has 1 fully saturated rings. The number of rotatable bonds is 6. The van der Waals surface area contributed by atoms with Crippen molar-refractivity contribution in [3.63, 3.8) is 0 Å². The van der Waals surface area contributed by atoms with Crippen LogP contribution in [0.5, 0.6) is 11.6 Å². The Morgan fingerprint density at radius 1 is 0.853 bits per heavy atom. The van der Waals surface area contributed by atoms with Gasteiger partial charge in [0.2, 0.25) is 5.88 Å². The number of nitrogens with zero attached hydrogens (tertiary/aromatic N) is 3. The molecule has 34 heavy (non-hydrogen) atoms. The number of benzene rings is 3. The summed E-state index contributed by atoms with van der Waals surface area (Å²) >= 11 is 0. The Bertz CT molecular complexity index is 1240. The first-order chi connectivity index (χ1) is 16.7. The van der Waals surface area contributed by atoms with Gasteiger partial charge < -0.3 is 19.7 Å². The first-order valence-corrected chi connectivity index (χ1v) is 11.2. The molecule has 0 unspecified atom stereocenters. The van der Waals surface area contributed by atoms with Crippen LogP contribution in [0.3, 0.4) is 0 Å². The van der Waals surface area contributed by atoms with Crippen molar-refractivity contribution in [2.45, 2.75) is 0 Å². The third-order valence-corrected chi connectivity index (χ3v) is 5.53. The first-order valence-electron chi connectivity index (χ1n) is 11.2. The number of carbonyl (C=O) groups excluding carboxylic acids is 1. The number of nitrogens with one attached hydrogen (secondary N) is 1. The fourth-order valence-corrected chi connectivity index (χ4v) is 3.74. The van der Waals surface area contributed by atoms with Crippen molar-refractivity contribution in [3.05, 3.63) is 96.6 Å². The highest BCUT2D eigenvalue weighted by atomic mass is 16.5. The van der Waals surface area contributed by atoms with Gasteiger partial charge in [-0.2, -0.15) is 0 Å². The maximum absolute atomic E-state index is 12.8. The molecule has 0 radical (unpaired) electrons. The Labute approximate surface area is 198 Å². The third-order valence-electron chi connectivity index (χ3n) is 5.53. The predicted octanol–water partition coefficient (Wildman–Crippen LogP) is 5.02. The zero-order valence-electron chi connectivity index (χ0n) is 18.6. The second-order valence-electron chi connectivity index (χ2n) is 7.85. The van der Waals surface area contributed by atoms with Crippen LogP contribution in [0.4, 0.5) is 11.4 Å². The first kappa shape index (κ1) is 21.6.